The molecular weight excluding hydrogens is 468 g/mol. The van der Waals surface area contributed by atoms with E-state index in [1.54, 1.807) is 30.0 Å². The Labute approximate surface area is 191 Å². The number of halogens is 2. The van der Waals surface area contributed by atoms with E-state index in [-0.39, 0.29) is 24.5 Å². The molecule has 0 radical (unpaired) electrons. The van der Waals surface area contributed by atoms with Gasteiger partial charge in [0, 0.05) is 17.6 Å². The second kappa shape index (κ2) is 11.4. The van der Waals surface area contributed by atoms with Crippen LogP contribution in [0.5, 0.6) is 5.75 Å². The van der Waals surface area contributed by atoms with Gasteiger partial charge in [0.1, 0.15) is 11.8 Å². The summed E-state index contributed by atoms with van der Waals surface area (Å²) in [6.07, 6.45) is 0.818. The third kappa shape index (κ3) is 7.03. The minimum atomic E-state index is -0.634. The van der Waals surface area contributed by atoms with Gasteiger partial charge in [-0.2, -0.15) is 0 Å². The van der Waals surface area contributed by atoms with E-state index in [0.717, 1.165) is 17.5 Å². The van der Waals surface area contributed by atoms with Crippen molar-refractivity contribution in [1.29, 1.82) is 0 Å². The molecule has 0 saturated heterocycles. The first-order valence-corrected chi connectivity index (χ1v) is 11.1. The smallest absolute Gasteiger partial charge is 0.261 e. The van der Waals surface area contributed by atoms with Crippen molar-refractivity contribution in [3.05, 3.63) is 63.1 Å². The Morgan fingerprint density at radius 3 is 2.43 bits per heavy atom. The van der Waals surface area contributed by atoms with Gasteiger partial charge in [-0.3, -0.25) is 9.59 Å². The number of rotatable bonds is 9. The summed E-state index contributed by atoms with van der Waals surface area (Å²) in [5.74, 6) is 0.0569. The average Bonchev–Trinajstić information content (AvgIpc) is 2.71. The Balaban J connectivity index is 2.16. The lowest BCUT2D eigenvalue weighted by atomic mass is 10.1. The number of amides is 2. The maximum absolute atomic E-state index is 13.0. The van der Waals surface area contributed by atoms with Crippen LogP contribution in [0.15, 0.2) is 46.9 Å². The standard InChI is InChI=1S/C23H28BrClN2O3/c1-5-16(3)26-23(29)17(4)27(13-18-8-6-15(2)7-9-18)22(28)14-30-21-11-10-19(25)12-20(21)24/h6-12,16-17H,5,13-14H2,1-4H3,(H,26,29)/t16-,17-/m1/s1. The van der Waals surface area contributed by atoms with Crippen molar-refractivity contribution in [1.82, 2.24) is 10.2 Å². The lowest BCUT2D eigenvalue weighted by Gasteiger charge is -2.29. The topological polar surface area (TPSA) is 58.6 Å². The first kappa shape index (κ1) is 24.2. The van der Waals surface area contributed by atoms with Crippen LogP contribution in [0.3, 0.4) is 0 Å². The molecule has 0 fully saturated rings. The molecule has 162 valence electrons. The first-order valence-electron chi connectivity index (χ1n) is 9.94. The van der Waals surface area contributed by atoms with E-state index in [1.165, 1.54) is 0 Å². The van der Waals surface area contributed by atoms with Crippen molar-refractivity contribution in [2.75, 3.05) is 6.61 Å². The number of aryl methyl sites for hydroxylation is 1. The number of hydrogen-bond donors (Lipinski definition) is 1. The van der Waals surface area contributed by atoms with E-state index in [1.807, 2.05) is 45.0 Å². The minimum Gasteiger partial charge on any atom is -0.483 e. The highest BCUT2D eigenvalue weighted by Crippen LogP contribution is 2.28. The molecule has 0 aliphatic heterocycles. The van der Waals surface area contributed by atoms with Gasteiger partial charge in [0.2, 0.25) is 5.91 Å². The van der Waals surface area contributed by atoms with E-state index in [0.29, 0.717) is 21.8 Å². The van der Waals surface area contributed by atoms with Crippen LogP contribution < -0.4 is 10.1 Å². The third-order valence-corrected chi connectivity index (χ3v) is 5.74. The zero-order valence-corrected chi connectivity index (χ0v) is 20.1. The van der Waals surface area contributed by atoms with Gasteiger partial charge in [0.05, 0.1) is 4.47 Å². The quantitative estimate of drug-likeness (QED) is 0.525. The van der Waals surface area contributed by atoms with E-state index in [2.05, 4.69) is 21.2 Å². The zero-order chi connectivity index (χ0) is 22.3. The molecule has 0 saturated carbocycles. The highest BCUT2D eigenvalue weighted by Gasteiger charge is 2.27. The lowest BCUT2D eigenvalue weighted by molar-refractivity contribution is -0.142. The molecule has 2 aromatic carbocycles. The second-order valence-electron chi connectivity index (χ2n) is 7.36. The fraction of sp³-hybridized carbons (Fsp3) is 0.391. The van der Waals surface area contributed by atoms with Crippen molar-refractivity contribution >= 4 is 39.3 Å². The molecule has 1 N–H and O–H groups in total. The zero-order valence-electron chi connectivity index (χ0n) is 17.7. The van der Waals surface area contributed by atoms with Gasteiger partial charge >= 0.3 is 0 Å². The predicted octanol–water partition coefficient (Wildman–Crippen LogP) is 5.12. The molecule has 0 heterocycles. The molecule has 2 amide bonds. The third-order valence-electron chi connectivity index (χ3n) is 4.89. The van der Waals surface area contributed by atoms with E-state index < -0.39 is 6.04 Å². The van der Waals surface area contributed by atoms with Crippen LogP contribution in [-0.2, 0) is 16.1 Å². The number of ether oxygens (including phenoxy) is 1. The maximum atomic E-state index is 13.0. The summed E-state index contributed by atoms with van der Waals surface area (Å²) < 4.78 is 6.36. The molecule has 2 atom stereocenters. The number of nitrogens with zero attached hydrogens (tertiary/aromatic N) is 1. The van der Waals surface area contributed by atoms with Crippen LogP contribution in [-0.4, -0.2) is 35.4 Å². The molecule has 0 aromatic heterocycles. The molecule has 30 heavy (non-hydrogen) atoms. The largest absolute Gasteiger partial charge is 0.483 e. The Bertz CT molecular complexity index is 873. The summed E-state index contributed by atoms with van der Waals surface area (Å²) in [6, 6.07) is 12.4. The molecular formula is C23H28BrClN2O3. The number of nitrogens with one attached hydrogen (secondary N) is 1. The highest BCUT2D eigenvalue weighted by atomic mass is 79.9. The van der Waals surface area contributed by atoms with Crippen LogP contribution >= 0.6 is 27.5 Å². The molecule has 0 spiro atoms. The first-order chi connectivity index (χ1) is 14.2. The molecule has 0 aliphatic rings. The number of carbonyl (C=O) groups excluding carboxylic acids is 2. The summed E-state index contributed by atoms with van der Waals surface area (Å²) in [5, 5.41) is 3.52. The van der Waals surface area contributed by atoms with Crippen molar-refractivity contribution < 1.29 is 14.3 Å². The van der Waals surface area contributed by atoms with Gasteiger partial charge in [0.15, 0.2) is 6.61 Å². The van der Waals surface area contributed by atoms with E-state index >= 15 is 0 Å². The summed E-state index contributed by atoms with van der Waals surface area (Å²) in [6.45, 7) is 7.82. The van der Waals surface area contributed by atoms with Gasteiger partial charge in [0.25, 0.3) is 5.91 Å². The summed E-state index contributed by atoms with van der Waals surface area (Å²) in [5.41, 5.74) is 2.08. The van der Waals surface area contributed by atoms with Crippen LogP contribution in [0.2, 0.25) is 5.02 Å². The van der Waals surface area contributed by atoms with Gasteiger partial charge in [-0.25, -0.2) is 0 Å². The number of benzene rings is 2. The molecule has 7 heteroatoms. The minimum absolute atomic E-state index is 0.0394. The van der Waals surface area contributed by atoms with Crippen molar-refractivity contribution in [3.8, 4) is 5.75 Å². The van der Waals surface area contributed by atoms with E-state index in [4.69, 9.17) is 16.3 Å². The summed E-state index contributed by atoms with van der Waals surface area (Å²) >= 11 is 9.34. The molecule has 2 aromatic rings. The fourth-order valence-corrected chi connectivity index (χ4v) is 3.55. The Kier molecular flexibility index (Phi) is 9.18. The maximum Gasteiger partial charge on any atom is 0.261 e. The van der Waals surface area contributed by atoms with Crippen molar-refractivity contribution in [2.24, 2.45) is 0 Å². The van der Waals surface area contributed by atoms with E-state index in [9.17, 15) is 9.59 Å². The van der Waals surface area contributed by atoms with Crippen LogP contribution in [0, 0.1) is 6.92 Å². The van der Waals surface area contributed by atoms with Gasteiger partial charge in [-0.1, -0.05) is 48.4 Å². The Morgan fingerprint density at radius 1 is 1.17 bits per heavy atom. The molecule has 0 aliphatic carbocycles. The van der Waals surface area contributed by atoms with Crippen molar-refractivity contribution in [3.63, 3.8) is 0 Å². The SMILES string of the molecule is CC[C@@H](C)NC(=O)[C@@H](C)N(Cc1ccc(C)cc1)C(=O)COc1ccc(Cl)cc1Br. The van der Waals surface area contributed by atoms with Gasteiger partial charge < -0.3 is 15.0 Å². The summed E-state index contributed by atoms with van der Waals surface area (Å²) in [4.78, 5) is 27.3. The number of hydrogen-bond acceptors (Lipinski definition) is 3. The number of carbonyl (C=O) groups is 2. The monoisotopic (exact) mass is 494 g/mol. The second-order valence-corrected chi connectivity index (χ2v) is 8.66. The Hall–Kier alpha value is -2.05. The van der Waals surface area contributed by atoms with Gasteiger partial charge in [-0.05, 0) is 66.9 Å². The van der Waals surface area contributed by atoms with Gasteiger partial charge in [-0.15, -0.1) is 0 Å². The molecule has 5 nitrogen and oxygen atoms in total. The van der Waals surface area contributed by atoms with Crippen molar-refractivity contribution in [2.45, 2.75) is 52.7 Å². The lowest BCUT2D eigenvalue weighted by Crippen LogP contribution is -2.50. The fourth-order valence-electron chi connectivity index (χ4n) is 2.75. The highest BCUT2D eigenvalue weighted by molar-refractivity contribution is 9.10. The summed E-state index contributed by atoms with van der Waals surface area (Å²) in [7, 11) is 0. The molecule has 0 unspecified atom stereocenters. The molecule has 0 bridgehead atoms. The molecule has 2 rings (SSSR count). The van der Waals surface area contributed by atoms with Crippen LogP contribution in [0.1, 0.15) is 38.3 Å². The van der Waals surface area contributed by atoms with Crippen LogP contribution in [0.4, 0.5) is 0 Å². The predicted molar refractivity (Wildman–Crippen MR) is 124 cm³/mol. The Morgan fingerprint density at radius 2 is 1.83 bits per heavy atom. The normalized spacial score (nSPS) is 12.7. The van der Waals surface area contributed by atoms with Crippen LogP contribution in [0.25, 0.3) is 0 Å². The average molecular weight is 496 g/mol.